The first kappa shape index (κ1) is 13.7. The summed E-state index contributed by atoms with van der Waals surface area (Å²) in [7, 11) is 0. The minimum atomic E-state index is -0.764. The Morgan fingerprint density at radius 3 is 2.90 bits per heavy atom. The van der Waals surface area contributed by atoms with E-state index in [4.69, 9.17) is 13.9 Å². The average molecular weight is 288 g/mol. The number of cyclic esters (lactones) is 1. The number of esters is 2. The fourth-order valence-electron chi connectivity index (χ4n) is 2.47. The van der Waals surface area contributed by atoms with E-state index in [-0.39, 0.29) is 6.42 Å². The first-order valence-corrected chi connectivity index (χ1v) is 6.88. The molecule has 21 heavy (non-hydrogen) atoms. The number of carbonyl (C=O) groups excluding carboxylic acids is 2. The fraction of sp³-hybridized carbons (Fsp3) is 0.375. The molecule has 0 spiro atoms. The standard InChI is InChI=1S/C16H16O5/c1-9-3-4-12-11(8-20-15(12)10(9)2)7-14(17)21-13-5-6-19-16(13)18/h3-4,8,13H,5-7H2,1-2H3/t13-/m1/s1. The number of aryl methyl sites for hydroxylation is 2. The molecule has 0 radical (unpaired) electrons. The molecule has 0 bridgehead atoms. The summed E-state index contributed by atoms with van der Waals surface area (Å²) in [5.74, 6) is -0.911. The molecule has 1 aromatic heterocycles. The summed E-state index contributed by atoms with van der Waals surface area (Å²) in [5, 5.41) is 0.907. The van der Waals surface area contributed by atoms with Gasteiger partial charge in [0.15, 0.2) is 0 Å². The van der Waals surface area contributed by atoms with Gasteiger partial charge in [0.05, 0.1) is 19.3 Å². The van der Waals surface area contributed by atoms with E-state index in [2.05, 4.69) is 0 Å². The normalized spacial score (nSPS) is 18.0. The molecule has 0 unspecified atom stereocenters. The van der Waals surface area contributed by atoms with Gasteiger partial charge in [0.1, 0.15) is 5.58 Å². The van der Waals surface area contributed by atoms with Crippen LogP contribution in [0.3, 0.4) is 0 Å². The minimum Gasteiger partial charge on any atom is -0.464 e. The van der Waals surface area contributed by atoms with E-state index in [0.29, 0.717) is 13.0 Å². The van der Waals surface area contributed by atoms with Gasteiger partial charge in [-0.25, -0.2) is 4.79 Å². The number of benzene rings is 1. The van der Waals surface area contributed by atoms with Gasteiger partial charge in [-0.15, -0.1) is 0 Å². The van der Waals surface area contributed by atoms with Crippen LogP contribution in [0.2, 0.25) is 0 Å². The maximum Gasteiger partial charge on any atom is 0.347 e. The Morgan fingerprint density at radius 1 is 1.38 bits per heavy atom. The number of rotatable bonds is 3. The summed E-state index contributed by atoms with van der Waals surface area (Å²) in [5.41, 5.74) is 3.76. The first-order valence-electron chi connectivity index (χ1n) is 6.88. The molecule has 1 fully saturated rings. The lowest BCUT2D eigenvalue weighted by molar-refractivity contribution is -0.159. The molecule has 110 valence electrons. The van der Waals surface area contributed by atoms with Crippen molar-refractivity contribution >= 4 is 22.9 Å². The van der Waals surface area contributed by atoms with Gasteiger partial charge in [-0.1, -0.05) is 12.1 Å². The van der Waals surface area contributed by atoms with Gasteiger partial charge in [-0.3, -0.25) is 4.79 Å². The van der Waals surface area contributed by atoms with E-state index in [1.54, 1.807) is 6.26 Å². The lowest BCUT2D eigenvalue weighted by Gasteiger charge is -2.07. The van der Waals surface area contributed by atoms with Crippen molar-refractivity contribution in [2.24, 2.45) is 0 Å². The molecule has 0 aliphatic carbocycles. The molecule has 5 nitrogen and oxygen atoms in total. The molecule has 2 aromatic rings. The average Bonchev–Trinajstić information content (AvgIpc) is 3.02. The Labute approximate surface area is 121 Å². The Balaban J connectivity index is 1.77. The third kappa shape index (κ3) is 2.51. The van der Waals surface area contributed by atoms with Crippen molar-refractivity contribution in [1.29, 1.82) is 0 Å². The number of hydrogen-bond donors (Lipinski definition) is 0. The summed E-state index contributed by atoms with van der Waals surface area (Å²) >= 11 is 0. The zero-order chi connectivity index (χ0) is 15.0. The molecular formula is C16H16O5. The molecule has 1 atom stereocenters. The summed E-state index contributed by atoms with van der Waals surface area (Å²) in [6, 6.07) is 3.93. The summed E-state index contributed by atoms with van der Waals surface area (Å²) in [4.78, 5) is 23.2. The predicted octanol–water partition coefficient (Wildman–Crippen LogP) is 2.45. The van der Waals surface area contributed by atoms with Gasteiger partial charge in [-0.05, 0) is 25.0 Å². The highest BCUT2D eigenvalue weighted by Crippen LogP contribution is 2.27. The molecular weight excluding hydrogens is 272 g/mol. The van der Waals surface area contributed by atoms with Crippen LogP contribution in [0.1, 0.15) is 23.1 Å². The lowest BCUT2D eigenvalue weighted by Crippen LogP contribution is -2.23. The second-order valence-corrected chi connectivity index (χ2v) is 5.26. The number of ether oxygens (including phenoxy) is 2. The van der Waals surface area contributed by atoms with E-state index < -0.39 is 18.0 Å². The minimum absolute atomic E-state index is 0.0826. The summed E-state index contributed by atoms with van der Waals surface area (Å²) in [6.07, 6.45) is 1.32. The largest absolute Gasteiger partial charge is 0.464 e. The van der Waals surface area contributed by atoms with E-state index in [1.807, 2.05) is 26.0 Å². The number of carbonyl (C=O) groups is 2. The number of hydrogen-bond acceptors (Lipinski definition) is 5. The van der Waals surface area contributed by atoms with Crippen LogP contribution in [0.15, 0.2) is 22.8 Å². The van der Waals surface area contributed by atoms with Crippen LogP contribution in [0.5, 0.6) is 0 Å². The Hall–Kier alpha value is -2.30. The molecule has 1 saturated heterocycles. The van der Waals surface area contributed by atoms with Crippen LogP contribution in [-0.4, -0.2) is 24.6 Å². The number of fused-ring (bicyclic) bond motifs is 1. The van der Waals surface area contributed by atoms with Gasteiger partial charge >= 0.3 is 11.9 Å². The van der Waals surface area contributed by atoms with Gasteiger partial charge < -0.3 is 13.9 Å². The second kappa shape index (κ2) is 5.24. The summed E-state index contributed by atoms with van der Waals surface area (Å²) < 4.78 is 15.5. The van der Waals surface area contributed by atoms with E-state index in [9.17, 15) is 9.59 Å². The van der Waals surface area contributed by atoms with Crippen LogP contribution >= 0.6 is 0 Å². The molecule has 5 heteroatoms. The van der Waals surface area contributed by atoms with Gasteiger partial charge in [-0.2, -0.15) is 0 Å². The topological polar surface area (TPSA) is 65.7 Å². The van der Waals surface area contributed by atoms with Crippen molar-refractivity contribution in [2.75, 3.05) is 6.61 Å². The molecule has 1 aliphatic rings. The zero-order valence-corrected chi connectivity index (χ0v) is 12.0. The highest BCUT2D eigenvalue weighted by atomic mass is 16.6. The van der Waals surface area contributed by atoms with Crippen molar-refractivity contribution in [1.82, 2.24) is 0 Å². The molecule has 2 heterocycles. The number of furan rings is 1. The quantitative estimate of drug-likeness (QED) is 0.812. The highest BCUT2D eigenvalue weighted by Gasteiger charge is 2.30. The molecule has 3 rings (SSSR count). The fourth-order valence-corrected chi connectivity index (χ4v) is 2.47. The zero-order valence-electron chi connectivity index (χ0n) is 12.0. The Morgan fingerprint density at radius 2 is 2.19 bits per heavy atom. The van der Waals surface area contributed by atoms with E-state index >= 15 is 0 Å². The first-order chi connectivity index (χ1) is 10.1. The predicted molar refractivity (Wildman–Crippen MR) is 74.8 cm³/mol. The third-order valence-electron chi connectivity index (χ3n) is 3.84. The van der Waals surface area contributed by atoms with Crippen LogP contribution in [-0.2, 0) is 25.5 Å². The van der Waals surface area contributed by atoms with Crippen LogP contribution in [0.25, 0.3) is 11.0 Å². The molecule has 0 amide bonds. The maximum atomic E-state index is 11.9. The molecule has 0 saturated carbocycles. The third-order valence-corrected chi connectivity index (χ3v) is 3.84. The van der Waals surface area contributed by atoms with Crippen LogP contribution in [0.4, 0.5) is 0 Å². The van der Waals surface area contributed by atoms with Crippen molar-refractivity contribution in [2.45, 2.75) is 32.8 Å². The van der Waals surface area contributed by atoms with Crippen molar-refractivity contribution in [3.8, 4) is 0 Å². The van der Waals surface area contributed by atoms with Gasteiger partial charge in [0, 0.05) is 17.4 Å². The molecule has 1 aliphatic heterocycles. The molecule has 1 aromatic carbocycles. The Kier molecular flexibility index (Phi) is 3.41. The van der Waals surface area contributed by atoms with Gasteiger partial charge in [0.2, 0.25) is 6.10 Å². The van der Waals surface area contributed by atoms with Gasteiger partial charge in [0.25, 0.3) is 0 Å². The SMILES string of the molecule is Cc1ccc2c(CC(=O)O[C@@H]3CCOC3=O)coc2c1C. The van der Waals surface area contributed by atoms with Crippen molar-refractivity contribution in [3.05, 3.63) is 35.1 Å². The smallest absolute Gasteiger partial charge is 0.347 e. The molecule has 0 N–H and O–H groups in total. The van der Waals surface area contributed by atoms with E-state index in [1.165, 1.54) is 0 Å². The maximum absolute atomic E-state index is 11.9. The van der Waals surface area contributed by atoms with Crippen molar-refractivity contribution in [3.63, 3.8) is 0 Å². The van der Waals surface area contributed by atoms with Crippen LogP contribution in [0, 0.1) is 13.8 Å². The second-order valence-electron chi connectivity index (χ2n) is 5.26. The highest BCUT2D eigenvalue weighted by molar-refractivity contribution is 5.89. The van der Waals surface area contributed by atoms with E-state index in [0.717, 1.165) is 27.7 Å². The Bertz CT molecular complexity index is 713. The lowest BCUT2D eigenvalue weighted by atomic mass is 10.0. The van der Waals surface area contributed by atoms with Crippen molar-refractivity contribution < 1.29 is 23.5 Å². The summed E-state index contributed by atoms with van der Waals surface area (Å²) in [6.45, 7) is 4.30. The van der Waals surface area contributed by atoms with Crippen LogP contribution < -0.4 is 0 Å². The monoisotopic (exact) mass is 288 g/mol.